The van der Waals surface area contributed by atoms with Gasteiger partial charge in [0.2, 0.25) is 0 Å². The van der Waals surface area contributed by atoms with Crippen LogP contribution < -0.4 is 4.74 Å². The quantitative estimate of drug-likeness (QED) is 0.479. The smallest absolute Gasteiger partial charge is 0.419 e. The Hall–Kier alpha value is -2.12. The molecular formula is C26H30F3NO2S. The first kappa shape index (κ1) is 24.0. The Kier molecular flexibility index (Phi) is 6.74. The lowest BCUT2D eigenvalue weighted by Gasteiger charge is -2.46. The normalized spacial score (nSPS) is 20.8. The monoisotopic (exact) mass is 477 g/mol. The summed E-state index contributed by atoms with van der Waals surface area (Å²) < 4.78 is 50.2. The average molecular weight is 478 g/mol. The highest BCUT2D eigenvalue weighted by Crippen LogP contribution is 2.49. The third-order valence-corrected chi connectivity index (χ3v) is 7.29. The Balaban J connectivity index is 1.75. The van der Waals surface area contributed by atoms with Crippen LogP contribution >= 0.6 is 11.8 Å². The van der Waals surface area contributed by atoms with Gasteiger partial charge in [-0.15, -0.1) is 11.8 Å². The molecule has 0 radical (unpaired) electrons. The molecule has 1 aliphatic carbocycles. The summed E-state index contributed by atoms with van der Waals surface area (Å²) in [5, 5.41) is 15.1. The molecule has 3 nitrogen and oxygen atoms in total. The van der Waals surface area contributed by atoms with Crippen LogP contribution in [0.25, 0.3) is 0 Å². The number of fused-ring (bicyclic) bond motifs is 1. The zero-order valence-corrected chi connectivity index (χ0v) is 19.8. The van der Waals surface area contributed by atoms with Crippen LogP contribution in [0.15, 0.2) is 65.2 Å². The molecule has 0 fully saturated rings. The molecule has 4 rings (SSSR count). The van der Waals surface area contributed by atoms with Crippen molar-refractivity contribution in [1.29, 1.82) is 0 Å². The van der Waals surface area contributed by atoms with Crippen molar-refractivity contribution in [3.63, 3.8) is 0 Å². The van der Waals surface area contributed by atoms with Crippen molar-refractivity contribution in [1.82, 2.24) is 4.90 Å². The van der Waals surface area contributed by atoms with Gasteiger partial charge in [-0.05, 0) is 47.5 Å². The molecular weight excluding hydrogens is 447 g/mol. The number of ether oxygens (including phenoxy) is 1. The Morgan fingerprint density at radius 3 is 2.58 bits per heavy atom. The minimum absolute atomic E-state index is 0.124. The maximum absolute atomic E-state index is 14.8. The summed E-state index contributed by atoms with van der Waals surface area (Å²) in [4.78, 5) is 1.52. The van der Waals surface area contributed by atoms with Gasteiger partial charge in [0.15, 0.2) is 5.60 Å². The first-order valence-corrected chi connectivity index (χ1v) is 12.2. The number of para-hydroxylation sites is 1. The van der Waals surface area contributed by atoms with Crippen LogP contribution in [0.1, 0.15) is 50.7 Å². The van der Waals surface area contributed by atoms with Gasteiger partial charge in [-0.2, -0.15) is 13.2 Å². The molecule has 1 aromatic rings. The molecule has 2 aliphatic heterocycles. The van der Waals surface area contributed by atoms with Gasteiger partial charge in [0.1, 0.15) is 5.75 Å². The van der Waals surface area contributed by atoms with Crippen molar-refractivity contribution >= 4 is 11.8 Å². The van der Waals surface area contributed by atoms with Crippen LogP contribution in [-0.4, -0.2) is 34.4 Å². The van der Waals surface area contributed by atoms with Crippen molar-refractivity contribution in [2.75, 3.05) is 6.61 Å². The summed E-state index contributed by atoms with van der Waals surface area (Å²) in [7, 11) is 0. The van der Waals surface area contributed by atoms with Gasteiger partial charge in [0, 0.05) is 24.4 Å². The summed E-state index contributed by atoms with van der Waals surface area (Å²) in [6.45, 7) is 4.05. The first-order valence-electron chi connectivity index (χ1n) is 11.3. The second-order valence-corrected chi connectivity index (χ2v) is 10.4. The van der Waals surface area contributed by atoms with Crippen molar-refractivity contribution in [2.45, 2.75) is 69.2 Å². The number of hydrogen-bond acceptors (Lipinski definition) is 4. The Morgan fingerprint density at radius 2 is 1.91 bits per heavy atom. The van der Waals surface area contributed by atoms with E-state index in [4.69, 9.17) is 4.74 Å². The van der Waals surface area contributed by atoms with Crippen LogP contribution in [0.3, 0.4) is 0 Å². The predicted octanol–water partition coefficient (Wildman–Crippen LogP) is 6.61. The van der Waals surface area contributed by atoms with E-state index in [2.05, 4.69) is 0 Å². The minimum atomic E-state index is -4.83. The van der Waals surface area contributed by atoms with Gasteiger partial charge in [-0.3, -0.25) is 0 Å². The SMILES string of the molecule is CC(C)(CC(O)(C(CC1=CC=CCC1)N1C=CSC=C1)C(F)(F)F)c1cccc2c1OCC2. The van der Waals surface area contributed by atoms with Gasteiger partial charge < -0.3 is 14.7 Å². The van der Waals surface area contributed by atoms with E-state index in [-0.39, 0.29) is 6.42 Å². The van der Waals surface area contributed by atoms with Gasteiger partial charge in [-0.25, -0.2) is 0 Å². The fraction of sp³-hybridized carbons (Fsp3) is 0.462. The van der Waals surface area contributed by atoms with Crippen LogP contribution in [0.2, 0.25) is 0 Å². The molecule has 0 aromatic heterocycles. The molecule has 0 saturated carbocycles. The lowest BCUT2D eigenvalue weighted by Crippen LogP contribution is -2.61. The molecule has 7 heteroatoms. The lowest BCUT2D eigenvalue weighted by atomic mass is 9.70. The maximum Gasteiger partial charge on any atom is 0.419 e. The molecule has 2 atom stereocenters. The molecule has 178 valence electrons. The molecule has 0 spiro atoms. The Bertz CT molecular complexity index is 984. The lowest BCUT2D eigenvalue weighted by molar-refractivity contribution is -0.283. The van der Waals surface area contributed by atoms with E-state index >= 15 is 0 Å². The molecule has 1 aromatic carbocycles. The fourth-order valence-electron chi connectivity index (χ4n) is 5.03. The zero-order chi connectivity index (χ0) is 23.7. The van der Waals surface area contributed by atoms with Crippen LogP contribution in [0.5, 0.6) is 5.75 Å². The molecule has 0 amide bonds. The third kappa shape index (κ3) is 4.90. The Labute approximate surface area is 197 Å². The summed E-state index contributed by atoms with van der Waals surface area (Å²) >= 11 is 1.40. The standard InChI is InChI=1S/C26H30F3NO2S/c1-24(2,21-10-6-9-20-11-14-32-23(20)21)18-25(31,26(27,28)29)22(30-12-15-33-16-13-30)17-19-7-4-3-5-8-19/h3-4,6-7,9-10,12-13,15-16,22,31H,5,8,11,14,17-18H2,1-2H3. The summed E-state index contributed by atoms with van der Waals surface area (Å²) in [5.41, 5.74) is -1.30. The van der Waals surface area contributed by atoms with Gasteiger partial charge in [0.05, 0.1) is 12.6 Å². The number of aliphatic hydroxyl groups is 1. The topological polar surface area (TPSA) is 32.7 Å². The average Bonchev–Trinajstić information content (AvgIpc) is 3.26. The first-order chi connectivity index (χ1) is 15.6. The maximum atomic E-state index is 14.8. The van der Waals surface area contributed by atoms with Gasteiger partial charge in [0.25, 0.3) is 0 Å². The van der Waals surface area contributed by atoms with Crippen molar-refractivity contribution in [3.05, 3.63) is 76.3 Å². The highest BCUT2D eigenvalue weighted by atomic mass is 32.2. The highest BCUT2D eigenvalue weighted by Gasteiger charge is 2.61. The summed E-state index contributed by atoms with van der Waals surface area (Å²) in [5.74, 6) is 0.665. The van der Waals surface area contributed by atoms with E-state index in [0.717, 1.165) is 24.0 Å². The van der Waals surface area contributed by atoms with E-state index in [1.165, 1.54) is 16.7 Å². The molecule has 3 aliphatic rings. The number of alkyl halides is 3. The second kappa shape index (κ2) is 9.26. The second-order valence-electron chi connectivity index (χ2n) is 9.54. The minimum Gasteiger partial charge on any atom is -0.493 e. The van der Waals surface area contributed by atoms with E-state index in [0.29, 0.717) is 24.3 Å². The summed E-state index contributed by atoms with van der Waals surface area (Å²) in [6, 6.07) is 4.44. The van der Waals surface area contributed by atoms with Crippen LogP contribution in [0.4, 0.5) is 13.2 Å². The van der Waals surface area contributed by atoms with E-state index in [1.807, 2.05) is 36.4 Å². The fourth-order valence-corrected chi connectivity index (χ4v) is 5.54. The van der Waals surface area contributed by atoms with E-state index in [1.54, 1.807) is 37.1 Å². The van der Waals surface area contributed by atoms with Gasteiger partial charge in [-0.1, -0.05) is 55.8 Å². The van der Waals surface area contributed by atoms with Crippen molar-refractivity contribution in [3.8, 4) is 5.75 Å². The molecule has 2 heterocycles. The van der Waals surface area contributed by atoms with E-state index in [9.17, 15) is 18.3 Å². The number of halogens is 3. The predicted molar refractivity (Wildman–Crippen MR) is 127 cm³/mol. The van der Waals surface area contributed by atoms with Crippen molar-refractivity contribution in [2.24, 2.45) is 0 Å². The number of nitrogens with zero attached hydrogens (tertiary/aromatic N) is 1. The molecule has 0 bridgehead atoms. The van der Waals surface area contributed by atoms with Crippen LogP contribution in [-0.2, 0) is 11.8 Å². The molecule has 2 unspecified atom stereocenters. The number of hydrogen-bond donors (Lipinski definition) is 1. The highest BCUT2D eigenvalue weighted by molar-refractivity contribution is 8.04. The Morgan fingerprint density at radius 1 is 1.15 bits per heavy atom. The number of rotatable bonds is 7. The molecule has 1 N–H and O–H groups in total. The van der Waals surface area contributed by atoms with Gasteiger partial charge >= 0.3 is 6.18 Å². The number of allylic oxidation sites excluding steroid dienone is 3. The zero-order valence-electron chi connectivity index (χ0n) is 18.9. The van der Waals surface area contributed by atoms with Crippen molar-refractivity contribution < 1.29 is 23.0 Å². The number of thioether (sulfide) groups is 1. The van der Waals surface area contributed by atoms with Crippen LogP contribution in [0, 0.1) is 0 Å². The van der Waals surface area contributed by atoms with E-state index < -0.39 is 29.7 Å². The third-order valence-electron chi connectivity index (χ3n) is 6.74. The molecule has 0 saturated heterocycles. The largest absolute Gasteiger partial charge is 0.493 e. The molecule has 33 heavy (non-hydrogen) atoms. The number of benzene rings is 1. The summed E-state index contributed by atoms with van der Waals surface area (Å²) in [6.07, 6.45) is 6.07.